The quantitative estimate of drug-likeness (QED) is 0.455. The molecule has 1 aromatic carbocycles. The number of hydrogen-bond acceptors (Lipinski definition) is 4. The highest BCUT2D eigenvalue weighted by molar-refractivity contribution is 6.30. The monoisotopic (exact) mass is 496 g/mol. The Morgan fingerprint density at radius 1 is 1.14 bits per heavy atom. The van der Waals surface area contributed by atoms with E-state index in [4.69, 9.17) is 32.6 Å². The van der Waals surface area contributed by atoms with Gasteiger partial charge in [0.05, 0.1) is 18.8 Å². The Bertz CT molecular complexity index is 953. The van der Waals surface area contributed by atoms with Crippen LogP contribution in [-0.2, 0) is 16.1 Å². The maximum Gasteiger partial charge on any atom is 0.123 e. The second kappa shape index (κ2) is 18.4. The summed E-state index contributed by atoms with van der Waals surface area (Å²) in [5.74, 6) is 0.805. The molecule has 0 spiro atoms. The van der Waals surface area contributed by atoms with E-state index in [0.717, 1.165) is 23.4 Å². The van der Waals surface area contributed by atoms with Gasteiger partial charge in [-0.3, -0.25) is 0 Å². The van der Waals surface area contributed by atoms with Crippen LogP contribution in [0.1, 0.15) is 32.8 Å². The summed E-state index contributed by atoms with van der Waals surface area (Å²) in [6.45, 7) is 6.73. The van der Waals surface area contributed by atoms with Crippen molar-refractivity contribution in [3.8, 4) is 12.5 Å². The second-order valence-corrected chi connectivity index (χ2v) is 7.63. The highest BCUT2D eigenvalue weighted by Gasteiger charge is 2.22. The van der Waals surface area contributed by atoms with Crippen LogP contribution in [0.5, 0.6) is 0 Å². The Hall–Kier alpha value is -2.88. The number of benzene rings is 1. The summed E-state index contributed by atoms with van der Waals surface area (Å²) < 4.78 is 11.5. The summed E-state index contributed by atoms with van der Waals surface area (Å²) in [4.78, 5) is 4.12. The van der Waals surface area contributed by atoms with Gasteiger partial charge < -0.3 is 19.9 Å². The number of aliphatic hydroxyl groups is 1. The van der Waals surface area contributed by atoms with E-state index in [9.17, 15) is 0 Å². The number of rotatable bonds is 7. The molecule has 2 N–H and O–H groups in total. The Kier molecular flexibility index (Phi) is 15.9. The Labute approximate surface area is 215 Å². The molecule has 0 saturated heterocycles. The van der Waals surface area contributed by atoms with E-state index in [-0.39, 0.29) is 24.7 Å². The molecule has 2 aliphatic rings. The van der Waals surface area contributed by atoms with Crippen molar-refractivity contribution in [2.45, 2.75) is 46.0 Å². The van der Waals surface area contributed by atoms with Crippen LogP contribution in [0.4, 0.5) is 0 Å². The minimum absolute atomic E-state index is 0.0408. The molecule has 0 amide bonds. The molecular formula is C29H37ClN2O3. The van der Waals surface area contributed by atoms with Crippen LogP contribution in [0.2, 0.25) is 5.02 Å². The average molecular weight is 497 g/mol. The molecule has 0 radical (unpaired) electrons. The van der Waals surface area contributed by atoms with Gasteiger partial charge >= 0.3 is 0 Å². The third-order valence-electron chi connectivity index (χ3n) is 4.95. The van der Waals surface area contributed by atoms with Crippen molar-refractivity contribution in [1.29, 1.82) is 0 Å². The molecule has 0 fully saturated rings. The highest BCUT2D eigenvalue weighted by Crippen LogP contribution is 2.23. The van der Waals surface area contributed by atoms with Crippen molar-refractivity contribution in [3.05, 3.63) is 95.2 Å². The van der Waals surface area contributed by atoms with Gasteiger partial charge in [0.1, 0.15) is 5.84 Å². The maximum atomic E-state index is 8.59. The van der Waals surface area contributed by atoms with E-state index in [1.54, 1.807) is 31.4 Å². The van der Waals surface area contributed by atoms with Crippen molar-refractivity contribution < 1.29 is 14.6 Å². The number of nitrogens with zero attached hydrogens (tertiary/aromatic N) is 1. The summed E-state index contributed by atoms with van der Waals surface area (Å²) in [6.07, 6.45) is 24.0. The lowest BCUT2D eigenvalue weighted by Gasteiger charge is -2.22. The Balaban J connectivity index is 0.000000464. The molecule has 1 heterocycles. The number of nitrogens with one attached hydrogen (secondary N) is 1. The molecule has 6 heteroatoms. The molecule has 0 saturated carbocycles. The van der Waals surface area contributed by atoms with Crippen LogP contribution in [0, 0.1) is 18.4 Å². The van der Waals surface area contributed by atoms with Crippen molar-refractivity contribution >= 4 is 17.4 Å². The largest absolute Gasteiger partial charge is 0.392 e. The maximum absolute atomic E-state index is 8.59. The number of terminal acetylenes is 1. The summed E-state index contributed by atoms with van der Waals surface area (Å²) in [5.41, 5.74) is 1.98. The molecule has 3 atom stereocenters. The van der Waals surface area contributed by atoms with Gasteiger partial charge in [-0.15, -0.1) is 0 Å². The third-order valence-corrected chi connectivity index (χ3v) is 5.21. The number of amidine groups is 1. The third kappa shape index (κ3) is 11.4. The lowest BCUT2D eigenvalue weighted by molar-refractivity contribution is 0.112. The number of allylic oxidation sites excluding steroid dienone is 4. The lowest BCUT2D eigenvalue weighted by Crippen LogP contribution is -2.29. The number of hydrogen-bond donors (Lipinski definition) is 2. The fraction of sp³-hybridized carbons (Fsp3) is 0.345. The van der Waals surface area contributed by atoms with Crippen molar-refractivity contribution in [2.24, 2.45) is 10.9 Å². The van der Waals surface area contributed by atoms with Gasteiger partial charge in [0.2, 0.25) is 0 Å². The van der Waals surface area contributed by atoms with Crippen molar-refractivity contribution in [2.75, 3.05) is 13.7 Å². The van der Waals surface area contributed by atoms with Gasteiger partial charge in [-0.05, 0) is 48.8 Å². The topological polar surface area (TPSA) is 63.1 Å². The molecule has 0 bridgehead atoms. The summed E-state index contributed by atoms with van der Waals surface area (Å²) in [5, 5.41) is 12.4. The van der Waals surface area contributed by atoms with E-state index >= 15 is 0 Å². The normalized spacial score (nSPS) is 20.1. The second-order valence-electron chi connectivity index (χ2n) is 7.20. The van der Waals surface area contributed by atoms with Crippen LogP contribution in [0.3, 0.4) is 0 Å². The lowest BCUT2D eigenvalue weighted by atomic mass is 9.94. The molecule has 1 aromatic rings. The van der Waals surface area contributed by atoms with Crippen LogP contribution < -0.4 is 5.32 Å². The van der Waals surface area contributed by atoms with Gasteiger partial charge in [0.25, 0.3) is 0 Å². The van der Waals surface area contributed by atoms with Gasteiger partial charge in [0, 0.05) is 36.9 Å². The predicted molar refractivity (Wildman–Crippen MR) is 147 cm³/mol. The zero-order valence-corrected chi connectivity index (χ0v) is 21.8. The van der Waals surface area contributed by atoms with Crippen LogP contribution in [0.25, 0.3) is 0 Å². The van der Waals surface area contributed by atoms with Crippen LogP contribution in [-0.4, -0.2) is 36.9 Å². The number of halogens is 1. The molecule has 3 unspecified atom stereocenters. The van der Waals surface area contributed by atoms with E-state index in [1.165, 1.54) is 0 Å². The molecule has 5 nitrogen and oxygen atoms in total. The zero-order valence-electron chi connectivity index (χ0n) is 21.0. The van der Waals surface area contributed by atoms with E-state index in [0.29, 0.717) is 11.6 Å². The van der Waals surface area contributed by atoms with Crippen molar-refractivity contribution in [3.63, 3.8) is 0 Å². The summed E-state index contributed by atoms with van der Waals surface area (Å²) >= 11 is 5.59. The molecule has 1 aliphatic carbocycles. The average Bonchev–Trinajstić information content (AvgIpc) is 3.26. The highest BCUT2D eigenvalue weighted by atomic mass is 35.5. The number of aliphatic hydroxyl groups excluding tert-OH is 1. The fourth-order valence-electron chi connectivity index (χ4n) is 3.30. The fourth-order valence-corrected chi connectivity index (χ4v) is 3.43. The molecule has 35 heavy (non-hydrogen) atoms. The summed E-state index contributed by atoms with van der Waals surface area (Å²) in [6, 6.07) is 9.46. The van der Waals surface area contributed by atoms with Gasteiger partial charge in [-0.1, -0.05) is 80.5 Å². The first-order valence-electron chi connectivity index (χ1n) is 11.8. The van der Waals surface area contributed by atoms with Gasteiger partial charge in [0.15, 0.2) is 0 Å². The first kappa shape index (κ1) is 30.2. The Morgan fingerprint density at radius 3 is 2.49 bits per heavy atom. The SMILES string of the molecule is C#CN=C1NC=CC=CC1CC(OC)C1=CC(OCC)C=CC=C1.CC.OCc1ccc(Cl)cc1. The smallest absolute Gasteiger partial charge is 0.123 e. The number of ether oxygens (including phenoxy) is 2. The first-order valence-corrected chi connectivity index (χ1v) is 12.2. The van der Waals surface area contributed by atoms with E-state index in [1.807, 2.05) is 57.4 Å². The van der Waals surface area contributed by atoms with Gasteiger partial charge in [-0.2, -0.15) is 4.99 Å². The van der Waals surface area contributed by atoms with Crippen molar-refractivity contribution in [1.82, 2.24) is 5.32 Å². The molecule has 0 aromatic heterocycles. The zero-order chi connectivity index (χ0) is 25.9. The minimum Gasteiger partial charge on any atom is -0.392 e. The standard InChI is InChI=1S/C20H24N2O2.C7H7ClO.C2H6/c1-4-21-20-17(11-8-9-13-22-20)15-19(23-3)16-10-6-7-12-18(14-16)24-5-2;8-7-3-1-6(5-9)2-4-7;1-2/h1,6-14,17-19H,5,15H2,2-3H3,(H,21,22);1-4,9H,5H2;1-2H3. The molecular weight excluding hydrogens is 460 g/mol. The molecule has 1 aliphatic heterocycles. The molecule has 188 valence electrons. The van der Waals surface area contributed by atoms with Crippen LogP contribution >= 0.6 is 11.6 Å². The van der Waals surface area contributed by atoms with E-state index < -0.39 is 0 Å². The number of methoxy groups -OCH3 is 1. The van der Waals surface area contributed by atoms with Gasteiger partial charge in [-0.25, -0.2) is 0 Å². The minimum atomic E-state index is -0.0818. The Morgan fingerprint density at radius 2 is 1.86 bits per heavy atom. The first-order chi connectivity index (χ1) is 17.1. The van der Waals surface area contributed by atoms with E-state index in [2.05, 4.69) is 34.6 Å². The van der Waals surface area contributed by atoms with Crippen LogP contribution in [0.15, 0.2) is 89.6 Å². The number of aliphatic imine (C=N–C) groups is 1. The predicted octanol–water partition coefficient (Wildman–Crippen LogP) is 5.99. The molecule has 3 rings (SSSR count). The summed E-state index contributed by atoms with van der Waals surface area (Å²) in [7, 11) is 1.72.